The fourth-order valence-corrected chi connectivity index (χ4v) is 5.37. The Morgan fingerprint density at radius 3 is 2.45 bits per heavy atom. The fourth-order valence-electron chi connectivity index (χ4n) is 4.19. The van der Waals surface area contributed by atoms with Gasteiger partial charge < -0.3 is 25.4 Å². The molecular weight excluding hydrogens is 508 g/mol. The van der Waals surface area contributed by atoms with Gasteiger partial charge in [0.1, 0.15) is 11.9 Å². The van der Waals surface area contributed by atoms with E-state index in [9.17, 15) is 23.1 Å². The molecule has 208 valence electrons. The van der Waals surface area contributed by atoms with Crippen molar-refractivity contribution in [1.82, 2.24) is 14.5 Å². The zero-order valence-electron chi connectivity index (χ0n) is 22.8. The number of aliphatic hydroxyl groups excluding tert-OH is 1. The molecule has 1 aliphatic heterocycles. The number of nitrogens with one attached hydrogen (secondary N) is 2. The number of sulfonamides is 1. The molecule has 0 spiro atoms. The van der Waals surface area contributed by atoms with Crippen LogP contribution in [0.25, 0.3) is 0 Å². The van der Waals surface area contributed by atoms with Crippen LogP contribution in [0.1, 0.15) is 43.6 Å². The van der Waals surface area contributed by atoms with Crippen molar-refractivity contribution in [2.75, 3.05) is 32.1 Å². The molecule has 1 heterocycles. The quantitative estimate of drug-likeness (QED) is 0.467. The molecule has 2 aromatic carbocycles. The zero-order chi connectivity index (χ0) is 28.2. The first-order valence-corrected chi connectivity index (χ1v) is 14.1. The van der Waals surface area contributed by atoms with E-state index in [2.05, 4.69) is 10.6 Å². The second kappa shape index (κ2) is 12.1. The van der Waals surface area contributed by atoms with Crippen molar-refractivity contribution in [2.45, 2.75) is 57.7 Å². The molecule has 0 radical (unpaired) electrons. The number of ether oxygens (including phenoxy) is 1. The van der Waals surface area contributed by atoms with Crippen molar-refractivity contribution < 1.29 is 27.9 Å². The molecule has 3 N–H and O–H groups in total. The Balaban J connectivity index is 1.94. The van der Waals surface area contributed by atoms with E-state index in [1.165, 1.54) is 17.4 Å². The maximum Gasteiger partial charge on any atom is 0.319 e. The number of carbonyl (C=O) groups is 2. The molecule has 38 heavy (non-hydrogen) atoms. The molecule has 10 nitrogen and oxygen atoms in total. The SMILES string of the molecule is Cc1ccc(S(=O)(=O)N(C)C[C@@H]2Oc3ccc(NC(=O)NC(C)C)cc3C(=O)N([C@@H](C)CO)C[C@H]2C)cc1. The van der Waals surface area contributed by atoms with Gasteiger partial charge in [-0.05, 0) is 58.0 Å². The molecule has 0 fully saturated rings. The van der Waals surface area contributed by atoms with Gasteiger partial charge in [0.15, 0.2) is 0 Å². The summed E-state index contributed by atoms with van der Waals surface area (Å²) in [7, 11) is -2.27. The summed E-state index contributed by atoms with van der Waals surface area (Å²) in [6.07, 6.45) is -0.594. The number of amides is 3. The Kier molecular flexibility index (Phi) is 9.40. The number of likely N-dealkylation sites (N-methyl/N-ethyl adjacent to an activating group) is 1. The molecule has 0 bridgehead atoms. The molecule has 2 aromatic rings. The summed E-state index contributed by atoms with van der Waals surface area (Å²) in [4.78, 5) is 27.5. The first kappa shape index (κ1) is 29.4. The maximum atomic E-state index is 13.6. The number of hydrogen-bond acceptors (Lipinski definition) is 6. The van der Waals surface area contributed by atoms with Crippen LogP contribution in [0.4, 0.5) is 10.5 Å². The number of rotatable bonds is 8. The third-order valence-corrected chi connectivity index (χ3v) is 8.35. The number of hydrogen-bond donors (Lipinski definition) is 3. The lowest BCUT2D eigenvalue weighted by molar-refractivity contribution is 0.0387. The number of urea groups is 1. The molecular formula is C27H38N4O6S. The molecule has 0 saturated heterocycles. The summed E-state index contributed by atoms with van der Waals surface area (Å²) in [5.41, 5.74) is 1.58. The average Bonchev–Trinajstić information content (AvgIpc) is 2.85. The first-order chi connectivity index (χ1) is 17.8. The summed E-state index contributed by atoms with van der Waals surface area (Å²) >= 11 is 0. The topological polar surface area (TPSA) is 128 Å². The van der Waals surface area contributed by atoms with Crippen molar-refractivity contribution in [3.05, 3.63) is 53.6 Å². The number of benzene rings is 2. The number of aryl methyl sites for hydroxylation is 1. The van der Waals surface area contributed by atoms with Crippen LogP contribution in [0.15, 0.2) is 47.4 Å². The smallest absolute Gasteiger partial charge is 0.319 e. The van der Waals surface area contributed by atoms with Crippen molar-refractivity contribution in [3.63, 3.8) is 0 Å². The predicted octanol–water partition coefficient (Wildman–Crippen LogP) is 3.07. The number of aliphatic hydroxyl groups is 1. The van der Waals surface area contributed by atoms with Gasteiger partial charge in [-0.25, -0.2) is 13.2 Å². The molecule has 3 amide bonds. The minimum Gasteiger partial charge on any atom is -0.488 e. The van der Waals surface area contributed by atoms with Gasteiger partial charge in [0.05, 0.1) is 29.7 Å². The Labute approximate surface area is 225 Å². The van der Waals surface area contributed by atoms with Crippen LogP contribution < -0.4 is 15.4 Å². The first-order valence-electron chi connectivity index (χ1n) is 12.7. The molecule has 11 heteroatoms. The van der Waals surface area contributed by atoms with E-state index in [-0.39, 0.29) is 53.8 Å². The minimum absolute atomic E-state index is 0.0448. The van der Waals surface area contributed by atoms with Crippen LogP contribution in [0, 0.1) is 12.8 Å². The summed E-state index contributed by atoms with van der Waals surface area (Å²) in [6, 6.07) is 10.5. The van der Waals surface area contributed by atoms with Crippen molar-refractivity contribution in [3.8, 4) is 5.75 Å². The van der Waals surface area contributed by atoms with Gasteiger partial charge in [0.2, 0.25) is 10.0 Å². The molecule has 0 saturated carbocycles. The lowest BCUT2D eigenvalue weighted by Gasteiger charge is -2.38. The van der Waals surface area contributed by atoms with Gasteiger partial charge in [0, 0.05) is 31.2 Å². The maximum absolute atomic E-state index is 13.6. The summed E-state index contributed by atoms with van der Waals surface area (Å²) < 4.78 is 34.0. The van der Waals surface area contributed by atoms with E-state index in [0.717, 1.165) is 5.56 Å². The predicted molar refractivity (Wildman–Crippen MR) is 146 cm³/mol. The summed E-state index contributed by atoms with van der Waals surface area (Å²) in [6.45, 7) is 9.24. The molecule has 1 aliphatic rings. The lowest BCUT2D eigenvalue weighted by atomic mass is 9.99. The number of fused-ring (bicyclic) bond motifs is 1. The lowest BCUT2D eigenvalue weighted by Crippen LogP contribution is -2.50. The third kappa shape index (κ3) is 6.83. The molecule has 0 aliphatic carbocycles. The minimum atomic E-state index is -3.77. The van der Waals surface area contributed by atoms with E-state index in [1.54, 1.807) is 48.2 Å². The van der Waals surface area contributed by atoms with Crippen LogP contribution in [0.2, 0.25) is 0 Å². The Morgan fingerprint density at radius 2 is 1.84 bits per heavy atom. The van der Waals surface area contributed by atoms with Crippen LogP contribution in [0.5, 0.6) is 5.75 Å². The summed E-state index contributed by atoms with van der Waals surface area (Å²) in [5, 5.41) is 15.3. The molecule has 0 aromatic heterocycles. The van der Waals surface area contributed by atoms with Gasteiger partial charge >= 0.3 is 6.03 Å². The molecule has 3 rings (SSSR count). The van der Waals surface area contributed by atoms with Crippen molar-refractivity contribution in [1.29, 1.82) is 0 Å². The third-order valence-electron chi connectivity index (χ3n) is 6.51. The van der Waals surface area contributed by atoms with E-state index < -0.39 is 28.2 Å². The normalized spacial score (nSPS) is 18.9. The van der Waals surface area contributed by atoms with Crippen molar-refractivity contribution in [2.24, 2.45) is 5.92 Å². The Bertz CT molecular complexity index is 1250. The van der Waals surface area contributed by atoms with Crippen LogP contribution in [0.3, 0.4) is 0 Å². The Morgan fingerprint density at radius 1 is 1.18 bits per heavy atom. The highest BCUT2D eigenvalue weighted by Crippen LogP contribution is 2.31. The number of anilines is 1. The van der Waals surface area contributed by atoms with Crippen LogP contribution >= 0.6 is 0 Å². The largest absolute Gasteiger partial charge is 0.488 e. The average molecular weight is 547 g/mol. The highest BCUT2D eigenvalue weighted by Gasteiger charge is 2.35. The fraction of sp³-hybridized carbons (Fsp3) is 0.481. The van der Waals surface area contributed by atoms with E-state index >= 15 is 0 Å². The van der Waals surface area contributed by atoms with E-state index in [1.807, 2.05) is 27.7 Å². The highest BCUT2D eigenvalue weighted by molar-refractivity contribution is 7.89. The highest BCUT2D eigenvalue weighted by atomic mass is 32.2. The standard InChI is InChI=1S/C27H38N4O6S/c1-17(2)28-27(34)29-21-9-12-24-23(13-21)26(33)31(20(5)16-32)14-19(4)25(37-24)15-30(6)38(35,36)22-10-7-18(3)8-11-22/h7-13,17,19-20,25,32H,14-16H2,1-6H3,(H2,28,29,34)/t19-,20+,25+/m1/s1. The second-order valence-corrected chi connectivity index (χ2v) is 12.2. The summed E-state index contributed by atoms with van der Waals surface area (Å²) in [5.74, 6) is -0.329. The zero-order valence-corrected chi connectivity index (χ0v) is 23.6. The Hall–Kier alpha value is -3.15. The van der Waals surface area contributed by atoms with Crippen molar-refractivity contribution >= 4 is 27.6 Å². The van der Waals surface area contributed by atoms with Crippen LogP contribution in [-0.2, 0) is 10.0 Å². The number of carbonyl (C=O) groups excluding carboxylic acids is 2. The molecule has 0 unspecified atom stereocenters. The van der Waals surface area contributed by atoms with Gasteiger partial charge in [-0.3, -0.25) is 4.79 Å². The molecule has 3 atom stereocenters. The van der Waals surface area contributed by atoms with E-state index in [4.69, 9.17) is 4.74 Å². The van der Waals surface area contributed by atoms with Gasteiger partial charge in [-0.1, -0.05) is 24.6 Å². The second-order valence-electron chi connectivity index (χ2n) is 10.2. The van der Waals surface area contributed by atoms with Gasteiger partial charge in [0.25, 0.3) is 5.91 Å². The van der Waals surface area contributed by atoms with Gasteiger partial charge in [-0.2, -0.15) is 4.31 Å². The van der Waals surface area contributed by atoms with Crippen LogP contribution in [-0.4, -0.2) is 79.6 Å². The number of nitrogens with zero attached hydrogens (tertiary/aromatic N) is 2. The van der Waals surface area contributed by atoms with Gasteiger partial charge in [-0.15, -0.1) is 0 Å². The monoisotopic (exact) mass is 546 g/mol. The van der Waals surface area contributed by atoms with E-state index in [0.29, 0.717) is 5.69 Å².